The van der Waals surface area contributed by atoms with Gasteiger partial charge in [0.05, 0.1) is 4.90 Å². The molecule has 0 bridgehead atoms. The van der Waals surface area contributed by atoms with Crippen LogP contribution in [0.3, 0.4) is 0 Å². The van der Waals surface area contributed by atoms with Crippen molar-refractivity contribution in [3.8, 4) is 0 Å². The second-order valence-electron chi connectivity index (χ2n) is 9.77. The molecule has 27 heavy (non-hydrogen) atoms. The topological polar surface area (TPSA) is 54.4 Å². The van der Waals surface area contributed by atoms with E-state index < -0.39 is 10.1 Å². The monoisotopic (exact) mass is 390 g/mol. The van der Waals surface area contributed by atoms with Crippen molar-refractivity contribution < 1.29 is 13.0 Å². The van der Waals surface area contributed by atoms with Gasteiger partial charge in [-0.1, -0.05) is 57.0 Å². The van der Waals surface area contributed by atoms with Gasteiger partial charge in [-0.3, -0.25) is 4.55 Å². The Bertz CT molecular complexity index is 837. The summed E-state index contributed by atoms with van der Waals surface area (Å²) in [6, 6.07) is 5.18. The number of aryl methyl sites for hydroxylation is 2. The molecule has 150 valence electrons. The van der Waals surface area contributed by atoms with E-state index >= 15 is 0 Å². The Hall–Kier alpha value is -1.13. The summed E-state index contributed by atoms with van der Waals surface area (Å²) in [6.07, 6.45) is 7.62. The van der Waals surface area contributed by atoms with Crippen LogP contribution in [-0.2, 0) is 16.5 Å². The van der Waals surface area contributed by atoms with Crippen molar-refractivity contribution >= 4 is 10.1 Å². The first-order chi connectivity index (χ1) is 12.4. The molecule has 2 aliphatic rings. The molecule has 1 N–H and O–H groups in total. The Kier molecular flexibility index (Phi) is 5.37. The predicted molar refractivity (Wildman–Crippen MR) is 110 cm³/mol. The van der Waals surface area contributed by atoms with Gasteiger partial charge in [-0.05, 0) is 79.7 Å². The normalized spacial score (nSPS) is 30.8. The maximum Gasteiger partial charge on any atom is 0.294 e. The summed E-state index contributed by atoms with van der Waals surface area (Å²) >= 11 is 0. The summed E-state index contributed by atoms with van der Waals surface area (Å²) in [5, 5.41) is 0. The summed E-state index contributed by atoms with van der Waals surface area (Å²) in [4.78, 5) is 0.0557. The van der Waals surface area contributed by atoms with Gasteiger partial charge in [0, 0.05) is 0 Å². The maximum absolute atomic E-state index is 11.8. The molecule has 3 rings (SSSR count). The molecule has 0 heterocycles. The number of hydrogen-bond acceptors (Lipinski definition) is 2. The van der Waals surface area contributed by atoms with E-state index in [2.05, 4.69) is 27.4 Å². The summed E-state index contributed by atoms with van der Waals surface area (Å²) in [5.41, 5.74) is 3.66. The Morgan fingerprint density at radius 1 is 1.22 bits per heavy atom. The van der Waals surface area contributed by atoms with Crippen molar-refractivity contribution in [1.82, 2.24) is 0 Å². The lowest BCUT2D eigenvalue weighted by Crippen LogP contribution is -2.49. The van der Waals surface area contributed by atoms with Crippen LogP contribution in [0.2, 0.25) is 0 Å². The predicted octanol–water partition coefficient (Wildman–Crippen LogP) is 5.97. The highest BCUT2D eigenvalue weighted by Crippen LogP contribution is 2.61. The maximum atomic E-state index is 11.8. The molecule has 0 amide bonds. The minimum Gasteiger partial charge on any atom is -0.282 e. The molecular formula is C23H34O3S. The molecule has 2 saturated carbocycles. The van der Waals surface area contributed by atoms with Crippen LogP contribution in [0.5, 0.6) is 0 Å². The highest BCUT2D eigenvalue weighted by atomic mass is 32.2. The molecule has 3 nitrogen and oxygen atoms in total. The molecule has 0 saturated heterocycles. The van der Waals surface area contributed by atoms with E-state index in [-0.39, 0.29) is 10.3 Å². The third-order valence-electron chi connectivity index (χ3n) is 7.52. The van der Waals surface area contributed by atoms with Crippen molar-refractivity contribution in [2.75, 3.05) is 0 Å². The van der Waals surface area contributed by atoms with Gasteiger partial charge in [0.1, 0.15) is 0 Å². The summed E-state index contributed by atoms with van der Waals surface area (Å²) in [5.74, 6) is 1.10. The van der Waals surface area contributed by atoms with Crippen LogP contribution < -0.4 is 0 Å². The van der Waals surface area contributed by atoms with E-state index in [4.69, 9.17) is 0 Å². The zero-order valence-corrected chi connectivity index (χ0v) is 18.0. The van der Waals surface area contributed by atoms with E-state index in [1.807, 2.05) is 13.0 Å². The first kappa shape index (κ1) is 20.6. The van der Waals surface area contributed by atoms with Gasteiger partial charge in [-0.2, -0.15) is 8.42 Å². The zero-order chi connectivity index (χ0) is 20.0. The molecule has 0 aromatic heterocycles. The summed E-state index contributed by atoms with van der Waals surface area (Å²) in [6.45, 7) is 13.6. The molecule has 2 fully saturated rings. The molecular weight excluding hydrogens is 356 g/mol. The van der Waals surface area contributed by atoms with Crippen LogP contribution in [0.4, 0.5) is 0 Å². The Balaban J connectivity index is 1.89. The minimum absolute atomic E-state index is 0.0557. The SMILES string of the molecule is C=C1CC[C@H]2C(C)(C)CCC[C@]2(C)[C@H]1CCc1cc(C)ccc1S(=O)(=O)O. The van der Waals surface area contributed by atoms with Gasteiger partial charge in [-0.25, -0.2) is 0 Å². The number of hydrogen-bond donors (Lipinski definition) is 1. The van der Waals surface area contributed by atoms with Gasteiger partial charge in [0.25, 0.3) is 10.1 Å². The molecule has 0 unspecified atom stereocenters. The summed E-state index contributed by atoms with van der Waals surface area (Å²) < 4.78 is 33.2. The number of rotatable bonds is 4. The molecule has 0 aliphatic heterocycles. The first-order valence-electron chi connectivity index (χ1n) is 10.2. The van der Waals surface area contributed by atoms with Crippen LogP contribution in [0.15, 0.2) is 35.2 Å². The smallest absolute Gasteiger partial charge is 0.282 e. The lowest BCUT2D eigenvalue weighted by atomic mass is 9.47. The Morgan fingerprint density at radius 2 is 1.93 bits per heavy atom. The zero-order valence-electron chi connectivity index (χ0n) is 17.2. The fourth-order valence-corrected chi connectivity index (χ4v) is 7.00. The van der Waals surface area contributed by atoms with Crippen LogP contribution in [0, 0.1) is 29.6 Å². The number of allylic oxidation sites excluding steroid dienone is 1. The van der Waals surface area contributed by atoms with E-state index in [1.165, 1.54) is 37.3 Å². The van der Waals surface area contributed by atoms with Crippen molar-refractivity contribution in [3.63, 3.8) is 0 Å². The van der Waals surface area contributed by atoms with Crippen LogP contribution >= 0.6 is 0 Å². The van der Waals surface area contributed by atoms with Crippen LogP contribution in [0.1, 0.15) is 70.4 Å². The van der Waals surface area contributed by atoms with Gasteiger partial charge >= 0.3 is 0 Å². The van der Waals surface area contributed by atoms with E-state index in [9.17, 15) is 13.0 Å². The average molecular weight is 391 g/mol. The second-order valence-corrected chi connectivity index (χ2v) is 11.2. The first-order valence-corrected chi connectivity index (χ1v) is 11.6. The molecule has 0 radical (unpaired) electrons. The number of benzene rings is 1. The van der Waals surface area contributed by atoms with Crippen molar-refractivity contribution in [3.05, 3.63) is 41.5 Å². The van der Waals surface area contributed by atoms with Gasteiger partial charge < -0.3 is 0 Å². The van der Waals surface area contributed by atoms with E-state index in [1.54, 1.807) is 6.07 Å². The van der Waals surface area contributed by atoms with Gasteiger partial charge in [-0.15, -0.1) is 0 Å². The van der Waals surface area contributed by atoms with Crippen LogP contribution in [-0.4, -0.2) is 13.0 Å². The van der Waals surface area contributed by atoms with E-state index in [0.717, 1.165) is 24.0 Å². The minimum atomic E-state index is -4.20. The third kappa shape index (κ3) is 3.88. The van der Waals surface area contributed by atoms with Crippen LogP contribution in [0.25, 0.3) is 0 Å². The average Bonchev–Trinajstić information content (AvgIpc) is 2.52. The standard InChI is InChI=1S/C23H34O3S/c1-16-7-11-20(27(24,25)26)18(15-16)9-10-19-17(2)8-12-21-22(3,4)13-6-14-23(19,21)5/h7,11,15,19,21H,2,6,8-10,12-14H2,1,3-5H3,(H,24,25,26)/t19-,21-,23+/m0/s1. The van der Waals surface area contributed by atoms with Crippen molar-refractivity contribution in [2.45, 2.75) is 77.5 Å². The lowest BCUT2D eigenvalue weighted by molar-refractivity contribution is -0.0539. The molecule has 4 heteroatoms. The fourth-order valence-electron chi connectivity index (χ4n) is 6.26. The van der Waals surface area contributed by atoms with Gasteiger partial charge in [0.15, 0.2) is 0 Å². The quantitative estimate of drug-likeness (QED) is 0.509. The number of fused-ring (bicyclic) bond motifs is 1. The van der Waals surface area contributed by atoms with E-state index in [0.29, 0.717) is 23.7 Å². The Labute approximate surface area is 165 Å². The lowest BCUT2D eigenvalue weighted by Gasteiger charge is -2.58. The van der Waals surface area contributed by atoms with Crippen molar-refractivity contribution in [2.24, 2.45) is 22.7 Å². The van der Waals surface area contributed by atoms with Crippen molar-refractivity contribution in [1.29, 1.82) is 0 Å². The highest BCUT2D eigenvalue weighted by molar-refractivity contribution is 7.85. The largest absolute Gasteiger partial charge is 0.294 e. The Morgan fingerprint density at radius 3 is 2.59 bits per heavy atom. The second kappa shape index (κ2) is 7.04. The highest BCUT2D eigenvalue weighted by Gasteiger charge is 2.52. The molecule has 2 aliphatic carbocycles. The third-order valence-corrected chi connectivity index (χ3v) is 8.47. The van der Waals surface area contributed by atoms with Gasteiger partial charge in [0.2, 0.25) is 0 Å². The molecule has 1 aromatic carbocycles. The summed E-state index contributed by atoms with van der Waals surface area (Å²) in [7, 11) is -4.20. The molecule has 0 spiro atoms. The molecule has 3 atom stereocenters. The molecule has 1 aromatic rings. The fraction of sp³-hybridized carbons (Fsp3) is 0.652.